The largest absolute Gasteiger partial charge is 0.493 e. The van der Waals surface area contributed by atoms with Gasteiger partial charge in [0, 0.05) is 19.0 Å². The van der Waals surface area contributed by atoms with E-state index in [9.17, 15) is 13.2 Å². The predicted molar refractivity (Wildman–Crippen MR) is 112 cm³/mol. The zero-order valence-corrected chi connectivity index (χ0v) is 17.1. The van der Waals surface area contributed by atoms with Crippen LogP contribution in [0.15, 0.2) is 35.3 Å². The highest BCUT2D eigenvalue weighted by Crippen LogP contribution is 2.27. The molecule has 0 aliphatic carbocycles. The van der Waals surface area contributed by atoms with Gasteiger partial charge in [-0.1, -0.05) is 19.1 Å². The summed E-state index contributed by atoms with van der Waals surface area (Å²) in [5.41, 5.74) is 0.565. The van der Waals surface area contributed by atoms with Gasteiger partial charge in [0.15, 0.2) is 5.65 Å². The Kier molecular flexibility index (Phi) is 6.42. The van der Waals surface area contributed by atoms with Crippen molar-refractivity contribution in [3.63, 3.8) is 0 Å². The Hall–Kier alpha value is -3.01. The van der Waals surface area contributed by atoms with Gasteiger partial charge in [-0.15, -0.1) is 0 Å². The fraction of sp³-hybridized carbons (Fsp3) is 0.368. The minimum Gasteiger partial charge on any atom is -0.493 e. The van der Waals surface area contributed by atoms with Crippen molar-refractivity contribution >= 4 is 26.8 Å². The normalized spacial score (nSPS) is 11.5. The average molecular weight is 417 g/mol. The highest BCUT2D eigenvalue weighted by Gasteiger charge is 2.12. The topological polar surface area (TPSA) is 127 Å². The number of benzene rings is 1. The summed E-state index contributed by atoms with van der Waals surface area (Å²) in [4.78, 5) is 28.1. The van der Waals surface area contributed by atoms with E-state index < -0.39 is 9.84 Å². The van der Waals surface area contributed by atoms with Crippen LogP contribution in [0.5, 0.6) is 5.75 Å². The zero-order chi connectivity index (χ0) is 20.9. The fourth-order valence-corrected chi connectivity index (χ4v) is 3.34. The minimum absolute atomic E-state index is 0.0736. The molecule has 0 aliphatic heterocycles. The van der Waals surface area contributed by atoms with Crippen LogP contribution >= 0.6 is 0 Å². The molecule has 2 aromatic heterocycles. The zero-order valence-electron chi connectivity index (χ0n) is 16.3. The standard InChI is InChI=1S/C19H23N5O4S/c1-3-10-28-15-8-5-4-7-13(15)16-22-17-14(18(25)23-16)12-21-19(24-17)20-9-6-11-29(2,26)27/h4-5,7-8,12H,3,6,9-11H2,1-2H3,(H2,20,21,22,23,24,25). The first-order valence-electron chi connectivity index (χ1n) is 9.28. The molecule has 0 spiro atoms. The Bertz CT molecular complexity index is 1160. The molecule has 0 aliphatic rings. The number of sulfone groups is 1. The Morgan fingerprint density at radius 1 is 1.21 bits per heavy atom. The second-order valence-corrected chi connectivity index (χ2v) is 8.86. The molecule has 0 unspecified atom stereocenters. The second-order valence-electron chi connectivity index (χ2n) is 6.60. The van der Waals surface area contributed by atoms with Gasteiger partial charge in [-0.25, -0.2) is 18.4 Å². The lowest BCUT2D eigenvalue weighted by Crippen LogP contribution is -2.14. The molecule has 0 atom stereocenters. The van der Waals surface area contributed by atoms with Gasteiger partial charge >= 0.3 is 0 Å². The van der Waals surface area contributed by atoms with Crippen molar-refractivity contribution in [1.82, 2.24) is 19.9 Å². The molecule has 1 aromatic carbocycles. The van der Waals surface area contributed by atoms with E-state index >= 15 is 0 Å². The molecule has 0 saturated carbocycles. The number of anilines is 1. The van der Waals surface area contributed by atoms with Crippen LogP contribution in [0, 0.1) is 0 Å². The van der Waals surface area contributed by atoms with Crippen LogP contribution in [0.1, 0.15) is 19.8 Å². The van der Waals surface area contributed by atoms with Crippen molar-refractivity contribution in [2.45, 2.75) is 19.8 Å². The van der Waals surface area contributed by atoms with Gasteiger partial charge in [0.1, 0.15) is 26.8 Å². The van der Waals surface area contributed by atoms with Gasteiger partial charge in [0.2, 0.25) is 5.95 Å². The Morgan fingerprint density at radius 2 is 2.00 bits per heavy atom. The van der Waals surface area contributed by atoms with E-state index in [1.807, 2.05) is 31.2 Å². The van der Waals surface area contributed by atoms with Crippen LogP contribution < -0.4 is 15.6 Å². The third-order valence-corrected chi connectivity index (χ3v) is 5.07. The number of para-hydroxylation sites is 1. The van der Waals surface area contributed by atoms with Crippen molar-refractivity contribution in [2.75, 3.05) is 30.5 Å². The third-order valence-electron chi connectivity index (χ3n) is 4.04. The number of hydrogen-bond donors (Lipinski definition) is 2. The van der Waals surface area contributed by atoms with Gasteiger partial charge in [-0.3, -0.25) is 4.79 Å². The second kappa shape index (κ2) is 8.99. The highest BCUT2D eigenvalue weighted by atomic mass is 32.2. The molecule has 0 radical (unpaired) electrons. The Balaban J connectivity index is 1.89. The first-order chi connectivity index (χ1) is 13.9. The van der Waals surface area contributed by atoms with E-state index in [-0.39, 0.29) is 28.3 Å². The molecule has 29 heavy (non-hydrogen) atoms. The van der Waals surface area contributed by atoms with Crippen LogP contribution in [0.4, 0.5) is 5.95 Å². The number of nitrogens with zero attached hydrogens (tertiary/aromatic N) is 3. The molecule has 0 saturated heterocycles. The van der Waals surface area contributed by atoms with Crippen LogP contribution in [0.25, 0.3) is 22.4 Å². The van der Waals surface area contributed by atoms with E-state index in [1.54, 1.807) is 0 Å². The molecule has 3 aromatic rings. The highest BCUT2D eigenvalue weighted by molar-refractivity contribution is 7.90. The van der Waals surface area contributed by atoms with Crippen LogP contribution in [-0.2, 0) is 9.84 Å². The number of hydrogen-bond acceptors (Lipinski definition) is 8. The van der Waals surface area contributed by atoms with E-state index in [0.29, 0.717) is 36.7 Å². The van der Waals surface area contributed by atoms with Crippen molar-refractivity contribution in [3.8, 4) is 17.1 Å². The number of fused-ring (bicyclic) bond motifs is 1. The molecule has 2 N–H and O–H groups in total. The minimum atomic E-state index is -3.02. The summed E-state index contributed by atoms with van der Waals surface area (Å²) in [6, 6.07) is 7.34. The fourth-order valence-electron chi connectivity index (χ4n) is 2.67. The molecule has 154 valence electrons. The van der Waals surface area contributed by atoms with Crippen molar-refractivity contribution < 1.29 is 13.2 Å². The van der Waals surface area contributed by atoms with Gasteiger partial charge in [-0.2, -0.15) is 4.98 Å². The predicted octanol–water partition coefficient (Wildman–Crippen LogP) is 2.02. The lowest BCUT2D eigenvalue weighted by Gasteiger charge is -2.10. The number of aromatic nitrogens is 4. The number of rotatable bonds is 9. The summed E-state index contributed by atoms with van der Waals surface area (Å²) in [5, 5.41) is 3.23. The molecule has 0 amide bonds. The quantitative estimate of drug-likeness (QED) is 0.506. The molecule has 9 nitrogen and oxygen atoms in total. The first kappa shape index (κ1) is 20.7. The summed E-state index contributed by atoms with van der Waals surface area (Å²) in [7, 11) is -3.02. The van der Waals surface area contributed by atoms with Gasteiger partial charge < -0.3 is 15.0 Å². The van der Waals surface area contributed by atoms with E-state index in [1.165, 1.54) is 12.5 Å². The van der Waals surface area contributed by atoms with E-state index in [4.69, 9.17) is 4.74 Å². The van der Waals surface area contributed by atoms with Crippen LogP contribution in [0.2, 0.25) is 0 Å². The summed E-state index contributed by atoms with van der Waals surface area (Å²) in [6.45, 7) is 2.96. The summed E-state index contributed by atoms with van der Waals surface area (Å²) in [5.74, 6) is 1.34. The maximum absolute atomic E-state index is 12.5. The molecule has 2 heterocycles. The molecule has 3 rings (SSSR count). The van der Waals surface area contributed by atoms with Gasteiger partial charge in [-0.05, 0) is 25.0 Å². The van der Waals surface area contributed by atoms with Crippen LogP contribution in [0.3, 0.4) is 0 Å². The molecular formula is C19H23N5O4S. The van der Waals surface area contributed by atoms with Crippen molar-refractivity contribution in [2.24, 2.45) is 0 Å². The van der Waals surface area contributed by atoms with Gasteiger partial charge in [0.05, 0.1) is 17.9 Å². The van der Waals surface area contributed by atoms with Gasteiger partial charge in [0.25, 0.3) is 5.56 Å². The summed E-state index contributed by atoms with van der Waals surface area (Å²) < 4.78 is 28.2. The lowest BCUT2D eigenvalue weighted by molar-refractivity contribution is 0.318. The lowest BCUT2D eigenvalue weighted by atomic mass is 10.2. The first-order valence-corrected chi connectivity index (χ1v) is 11.3. The van der Waals surface area contributed by atoms with Crippen molar-refractivity contribution in [3.05, 3.63) is 40.8 Å². The summed E-state index contributed by atoms with van der Waals surface area (Å²) >= 11 is 0. The van der Waals surface area contributed by atoms with E-state index in [0.717, 1.165) is 6.42 Å². The maximum Gasteiger partial charge on any atom is 0.262 e. The molecular weight excluding hydrogens is 394 g/mol. The number of ether oxygens (including phenoxy) is 1. The summed E-state index contributed by atoms with van der Waals surface area (Å²) in [6.07, 6.45) is 3.88. The monoisotopic (exact) mass is 417 g/mol. The Labute approximate surface area is 168 Å². The molecule has 0 fully saturated rings. The SMILES string of the molecule is CCCOc1ccccc1-c1nc2nc(NCCCS(C)(=O)=O)ncc2c(=O)[nH]1. The van der Waals surface area contributed by atoms with E-state index in [2.05, 4.69) is 25.3 Å². The average Bonchev–Trinajstić information content (AvgIpc) is 2.69. The number of H-pyrrole nitrogens is 1. The molecule has 10 heteroatoms. The van der Waals surface area contributed by atoms with Crippen molar-refractivity contribution in [1.29, 1.82) is 0 Å². The Morgan fingerprint density at radius 3 is 2.76 bits per heavy atom. The van der Waals surface area contributed by atoms with Crippen LogP contribution in [-0.4, -0.2) is 53.5 Å². The maximum atomic E-state index is 12.5. The third kappa shape index (κ3) is 5.50. The smallest absolute Gasteiger partial charge is 0.262 e. The number of nitrogens with one attached hydrogen (secondary N) is 2. The molecule has 0 bridgehead atoms. The number of aromatic amines is 1.